The van der Waals surface area contributed by atoms with Crippen molar-refractivity contribution >= 4 is 33.3 Å². The van der Waals surface area contributed by atoms with Gasteiger partial charge < -0.3 is 4.98 Å². The van der Waals surface area contributed by atoms with E-state index in [1.165, 1.54) is 35.7 Å². The van der Waals surface area contributed by atoms with Crippen LogP contribution in [-0.2, 0) is 6.42 Å². The smallest absolute Gasteiger partial charge is 0.262 e. The standard InChI is InChI=1S/C15H13FN4O2S/c1-2-4-11-19-20-15(23-11)18-14(22)9-7-17-12-8(13(9)21)5-3-6-10(12)16/h3,5-7H,2,4H2,1H3,(H,17,21)(H,18,20,22). The summed E-state index contributed by atoms with van der Waals surface area (Å²) in [5.74, 6) is -1.14. The lowest BCUT2D eigenvalue weighted by Gasteiger charge is -2.03. The van der Waals surface area contributed by atoms with Gasteiger partial charge in [-0.3, -0.25) is 14.9 Å². The van der Waals surface area contributed by atoms with E-state index in [4.69, 9.17) is 0 Å². The van der Waals surface area contributed by atoms with Crippen LogP contribution < -0.4 is 10.7 Å². The molecule has 3 aromatic rings. The molecule has 0 spiro atoms. The molecular weight excluding hydrogens is 319 g/mol. The predicted molar refractivity (Wildman–Crippen MR) is 86.4 cm³/mol. The van der Waals surface area contributed by atoms with E-state index in [0.29, 0.717) is 5.13 Å². The number of aromatic nitrogens is 3. The van der Waals surface area contributed by atoms with Crippen molar-refractivity contribution in [3.05, 3.63) is 51.0 Å². The van der Waals surface area contributed by atoms with Crippen molar-refractivity contribution in [3.8, 4) is 0 Å². The first-order chi connectivity index (χ1) is 11.1. The van der Waals surface area contributed by atoms with Crippen LogP contribution in [0.4, 0.5) is 9.52 Å². The van der Waals surface area contributed by atoms with Gasteiger partial charge in [0.2, 0.25) is 10.6 Å². The van der Waals surface area contributed by atoms with Crippen molar-refractivity contribution in [2.75, 3.05) is 5.32 Å². The van der Waals surface area contributed by atoms with Crippen LogP contribution in [0.5, 0.6) is 0 Å². The van der Waals surface area contributed by atoms with Crippen molar-refractivity contribution < 1.29 is 9.18 Å². The number of para-hydroxylation sites is 1. The molecule has 1 amide bonds. The number of aromatic amines is 1. The fourth-order valence-electron chi connectivity index (χ4n) is 2.17. The zero-order valence-electron chi connectivity index (χ0n) is 12.2. The number of aryl methyl sites for hydroxylation is 1. The zero-order valence-corrected chi connectivity index (χ0v) is 13.0. The highest BCUT2D eigenvalue weighted by molar-refractivity contribution is 7.15. The average molecular weight is 332 g/mol. The molecule has 0 unspecified atom stereocenters. The first-order valence-electron chi connectivity index (χ1n) is 7.03. The molecule has 2 heterocycles. The second kappa shape index (κ2) is 6.25. The van der Waals surface area contributed by atoms with Gasteiger partial charge >= 0.3 is 0 Å². The van der Waals surface area contributed by atoms with Crippen LogP contribution in [0.15, 0.2) is 29.2 Å². The first-order valence-corrected chi connectivity index (χ1v) is 7.85. The molecule has 0 saturated carbocycles. The number of anilines is 1. The minimum atomic E-state index is -0.600. The van der Waals surface area contributed by atoms with Gasteiger partial charge in [0.25, 0.3) is 5.91 Å². The van der Waals surface area contributed by atoms with Crippen molar-refractivity contribution in [1.29, 1.82) is 0 Å². The van der Waals surface area contributed by atoms with Gasteiger partial charge in [0, 0.05) is 18.0 Å². The highest BCUT2D eigenvalue weighted by Crippen LogP contribution is 2.17. The largest absolute Gasteiger partial charge is 0.358 e. The third-order valence-corrected chi connectivity index (χ3v) is 4.16. The topological polar surface area (TPSA) is 87.7 Å². The number of hydrogen-bond donors (Lipinski definition) is 2. The number of nitrogens with one attached hydrogen (secondary N) is 2. The number of pyridine rings is 1. The molecule has 118 valence electrons. The van der Waals surface area contributed by atoms with Gasteiger partial charge in [-0.05, 0) is 18.6 Å². The summed E-state index contributed by atoms with van der Waals surface area (Å²) in [6, 6.07) is 4.14. The van der Waals surface area contributed by atoms with Gasteiger partial charge in [-0.2, -0.15) is 0 Å². The molecule has 3 rings (SSSR count). The minimum Gasteiger partial charge on any atom is -0.358 e. The lowest BCUT2D eigenvalue weighted by molar-refractivity contribution is 0.102. The number of carbonyl (C=O) groups excluding carboxylic acids is 1. The maximum atomic E-state index is 13.6. The Hall–Kier alpha value is -2.61. The van der Waals surface area contributed by atoms with Crippen LogP contribution >= 0.6 is 11.3 Å². The fourth-order valence-corrected chi connectivity index (χ4v) is 3.00. The minimum absolute atomic E-state index is 0.0789. The van der Waals surface area contributed by atoms with Gasteiger partial charge in [-0.1, -0.05) is 24.3 Å². The summed E-state index contributed by atoms with van der Waals surface area (Å²) in [6.07, 6.45) is 2.92. The second-order valence-corrected chi connectivity index (χ2v) is 5.96. The van der Waals surface area contributed by atoms with Crippen LogP contribution in [0, 0.1) is 5.82 Å². The van der Waals surface area contributed by atoms with E-state index in [0.717, 1.165) is 17.8 Å². The number of nitrogens with zero attached hydrogens (tertiary/aromatic N) is 2. The molecule has 0 atom stereocenters. The predicted octanol–water partition coefficient (Wildman–Crippen LogP) is 2.72. The average Bonchev–Trinajstić information content (AvgIpc) is 2.96. The van der Waals surface area contributed by atoms with Crippen molar-refractivity contribution in [3.63, 3.8) is 0 Å². The highest BCUT2D eigenvalue weighted by atomic mass is 32.1. The Morgan fingerprint density at radius 2 is 2.22 bits per heavy atom. The van der Waals surface area contributed by atoms with Crippen LogP contribution in [0.3, 0.4) is 0 Å². The van der Waals surface area contributed by atoms with Crippen molar-refractivity contribution in [1.82, 2.24) is 15.2 Å². The fraction of sp³-hybridized carbons (Fsp3) is 0.200. The number of amides is 1. The maximum absolute atomic E-state index is 13.6. The number of carbonyl (C=O) groups is 1. The number of benzene rings is 1. The normalized spacial score (nSPS) is 10.9. The number of H-pyrrole nitrogens is 1. The molecule has 2 aromatic heterocycles. The molecule has 2 N–H and O–H groups in total. The summed E-state index contributed by atoms with van der Waals surface area (Å²) in [4.78, 5) is 27.2. The molecule has 1 aromatic carbocycles. The van der Waals surface area contributed by atoms with Gasteiger partial charge in [0.15, 0.2) is 0 Å². The van der Waals surface area contributed by atoms with Crippen LogP contribution in [0.1, 0.15) is 28.7 Å². The molecule has 0 fully saturated rings. The summed E-state index contributed by atoms with van der Waals surface area (Å²) in [6.45, 7) is 2.02. The van der Waals surface area contributed by atoms with E-state index in [1.807, 2.05) is 6.92 Å². The van der Waals surface area contributed by atoms with Gasteiger partial charge in [0.05, 0.1) is 5.52 Å². The van der Waals surface area contributed by atoms with Gasteiger partial charge in [-0.25, -0.2) is 4.39 Å². The van der Waals surface area contributed by atoms with Crippen molar-refractivity contribution in [2.45, 2.75) is 19.8 Å². The number of fused-ring (bicyclic) bond motifs is 1. The van der Waals surface area contributed by atoms with E-state index < -0.39 is 17.2 Å². The van der Waals surface area contributed by atoms with E-state index >= 15 is 0 Å². The summed E-state index contributed by atoms with van der Waals surface area (Å²) in [5, 5.41) is 11.6. The Morgan fingerprint density at radius 1 is 1.39 bits per heavy atom. The number of halogens is 1. The highest BCUT2D eigenvalue weighted by Gasteiger charge is 2.16. The Balaban J connectivity index is 1.91. The molecule has 0 bridgehead atoms. The van der Waals surface area contributed by atoms with E-state index in [9.17, 15) is 14.0 Å². The zero-order chi connectivity index (χ0) is 16.4. The van der Waals surface area contributed by atoms with Crippen LogP contribution in [0.25, 0.3) is 10.9 Å². The number of rotatable bonds is 4. The first kappa shape index (κ1) is 15.3. The van der Waals surface area contributed by atoms with Crippen molar-refractivity contribution in [2.24, 2.45) is 0 Å². The molecular formula is C15H13FN4O2S. The number of hydrogen-bond acceptors (Lipinski definition) is 5. The Labute approximate surface area is 134 Å². The molecule has 0 saturated heterocycles. The lowest BCUT2D eigenvalue weighted by atomic mass is 10.1. The summed E-state index contributed by atoms with van der Waals surface area (Å²) in [7, 11) is 0. The van der Waals surface area contributed by atoms with Gasteiger partial charge in [0.1, 0.15) is 16.4 Å². The SMILES string of the molecule is CCCc1nnc(NC(=O)c2c[nH]c3c(F)cccc3c2=O)s1. The third-order valence-electron chi connectivity index (χ3n) is 3.26. The molecule has 0 aliphatic heterocycles. The summed E-state index contributed by atoms with van der Waals surface area (Å²) >= 11 is 1.27. The van der Waals surface area contributed by atoms with Crippen LogP contribution in [-0.4, -0.2) is 21.1 Å². The monoisotopic (exact) mass is 332 g/mol. The molecule has 6 nitrogen and oxygen atoms in total. The molecule has 0 aliphatic rings. The van der Waals surface area contributed by atoms with Crippen LogP contribution in [0.2, 0.25) is 0 Å². The Kier molecular flexibility index (Phi) is 4.16. The Bertz CT molecular complexity index is 935. The quantitative estimate of drug-likeness (QED) is 0.769. The lowest BCUT2D eigenvalue weighted by Crippen LogP contribution is -2.22. The summed E-state index contributed by atoms with van der Waals surface area (Å²) < 4.78 is 13.6. The molecule has 0 aliphatic carbocycles. The summed E-state index contributed by atoms with van der Waals surface area (Å²) in [5.41, 5.74) is -0.556. The van der Waals surface area contributed by atoms with E-state index in [1.54, 1.807) is 0 Å². The van der Waals surface area contributed by atoms with E-state index in [-0.39, 0.29) is 16.5 Å². The molecule has 8 heteroatoms. The molecule has 0 radical (unpaired) electrons. The Morgan fingerprint density at radius 3 is 3.00 bits per heavy atom. The second-order valence-electron chi connectivity index (χ2n) is 4.90. The third kappa shape index (κ3) is 2.98. The molecule has 23 heavy (non-hydrogen) atoms. The maximum Gasteiger partial charge on any atom is 0.262 e. The van der Waals surface area contributed by atoms with Gasteiger partial charge in [-0.15, -0.1) is 10.2 Å². The van der Waals surface area contributed by atoms with E-state index in [2.05, 4.69) is 20.5 Å².